The summed E-state index contributed by atoms with van der Waals surface area (Å²) in [6.07, 6.45) is 0. The predicted molar refractivity (Wildman–Crippen MR) is 61.7 cm³/mol. The molecule has 0 bridgehead atoms. The van der Waals surface area contributed by atoms with Crippen LogP contribution < -0.4 is 9.80 Å². The third-order valence-electron chi connectivity index (χ3n) is 2.70. The first-order chi connectivity index (χ1) is 7.16. The Morgan fingerprint density at radius 3 is 2.00 bits per heavy atom. The minimum absolute atomic E-state index is 0.496. The fourth-order valence-corrected chi connectivity index (χ4v) is 2.01. The molecule has 0 atom stereocenters. The van der Waals surface area contributed by atoms with E-state index in [1.165, 1.54) is 0 Å². The second-order valence-corrected chi connectivity index (χ2v) is 3.61. The summed E-state index contributed by atoms with van der Waals surface area (Å²) in [6, 6.07) is 8.01. The van der Waals surface area contributed by atoms with Gasteiger partial charge in [0.25, 0.3) is 0 Å². The molecule has 1 aliphatic heterocycles. The minimum Gasteiger partial charge on any atom is -0.327 e. The van der Waals surface area contributed by atoms with E-state index in [9.17, 15) is 4.91 Å². The molecule has 1 heterocycles. The number of anilines is 2. The van der Waals surface area contributed by atoms with E-state index in [4.69, 9.17) is 0 Å². The van der Waals surface area contributed by atoms with Crippen LogP contribution in [0.3, 0.4) is 0 Å². The van der Waals surface area contributed by atoms with Crippen LogP contribution >= 0.6 is 0 Å². The fraction of sp³-hybridized carbons (Fsp3) is 0.273. The second-order valence-electron chi connectivity index (χ2n) is 3.61. The normalized spacial score (nSPS) is 14.2. The molecule has 1 aromatic rings. The molecular weight excluding hydrogens is 190 g/mol. The van der Waals surface area contributed by atoms with Crippen molar-refractivity contribution in [3.05, 3.63) is 40.7 Å². The van der Waals surface area contributed by atoms with E-state index in [1.807, 2.05) is 48.2 Å². The summed E-state index contributed by atoms with van der Waals surface area (Å²) in [6.45, 7) is 1.72. The van der Waals surface area contributed by atoms with Crippen LogP contribution in [0.15, 0.2) is 41.0 Å². The predicted octanol–water partition coefficient (Wildman–Crippen LogP) is 2.53. The van der Waals surface area contributed by atoms with E-state index in [-0.39, 0.29) is 0 Å². The van der Waals surface area contributed by atoms with Crippen LogP contribution in [0.2, 0.25) is 0 Å². The van der Waals surface area contributed by atoms with E-state index in [0.29, 0.717) is 5.70 Å². The third-order valence-corrected chi connectivity index (χ3v) is 2.70. The maximum atomic E-state index is 10.6. The average Bonchev–Trinajstić information content (AvgIpc) is 2.52. The number of rotatable bonds is 1. The lowest BCUT2D eigenvalue weighted by atomic mass is 10.3. The van der Waals surface area contributed by atoms with Gasteiger partial charge in [-0.25, -0.2) is 0 Å². The van der Waals surface area contributed by atoms with Gasteiger partial charge < -0.3 is 9.80 Å². The smallest absolute Gasteiger partial charge is 0.138 e. The zero-order valence-corrected chi connectivity index (χ0v) is 9.06. The highest BCUT2D eigenvalue weighted by Crippen LogP contribution is 2.40. The van der Waals surface area contributed by atoms with E-state index in [0.717, 1.165) is 17.2 Å². The molecule has 0 fully saturated rings. The Labute approximate surface area is 88.8 Å². The Balaban J connectivity index is 2.59. The van der Waals surface area contributed by atoms with Gasteiger partial charge in [-0.3, -0.25) is 0 Å². The van der Waals surface area contributed by atoms with Gasteiger partial charge in [0.15, 0.2) is 0 Å². The van der Waals surface area contributed by atoms with E-state index in [2.05, 4.69) is 5.18 Å². The zero-order chi connectivity index (χ0) is 11.0. The standard InChI is InChI=1S/C11H13N3O/c1-8(12-15)11-13(2)9-6-4-5-7-10(9)14(11)3/h4-7H,1-3H3. The number of hydrogen-bond acceptors (Lipinski definition) is 4. The molecule has 0 saturated heterocycles. The molecule has 0 saturated carbocycles. The molecule has 0 spiro atoms. The molecule has 0 aromatic heterocycles. The van der Waals surface area contributed by atoms with Crippen molar-refractivity contribution in [1.82, 2.24) is 0 Å². The Kier molecular flexibility index (Phi) is 2.19. The fourth-order valence-electron chi connectivity index (χ4n) is 2.01. The number of nitrogens with zero attached hydrogens (tertiary/aromatic N) is 3. The molecule has 2 rings (SSSR count). The molecule has 78 valence electrons. The van der Waals surface area contributed by atoms with E-state index in [1.54, 1.807) is 6.92 Å². The summed E-state index contributed by atoms with van der Waals surface area (Å²) in [5.74, 6) is 0.839. The van der Waals surface area contributed by atoms with Gasteiger partial charge in [-0.1, -0.05) is 12.1 Å². The Hall–Kier alpha value is -1.84. The Morgan fingerprint density at radius 2 is 1.60 bits per heavy atom. The van der Waals surface area contributed by atoms with Crippen LogP contribution in [0.25, 0.3) is 0 Å². The molecule has 0 aliphatic carbocycles. The number of allylic oxidation sites excluding steroid dienone is 1. The summed E-state index contributed by atoms with van der Waals surface area (Å²) in [4.78, 5) is 14.5. The van der Waals surface area contributed by atoms with Crippen LogP contribution in [0.5, 0.6) is 0 Å². The first-order valence-electron chi connectivity index (χ1n) is 4.77. The Morgan fingerprint density at radius 1 is 1.13 bits per heavy atom. The van der Waals surface area contributed by atoms with Crippen molar-refractivity contribution in [2.75, 3.05) is 23.9 Å². The second kappa shape index (κ2) is 3.38. The van der Waals surface area contributed by atoms with Gasteiger partial charge in [0.05, 0.1) is 11.4 Å². The molecule has 1 aromatic carbocycles. The van der Waals surface area contributed by atoms with Gasteiger partial charge in [-0.05, 0) is 24.2 Å². The highest BCUT2D eigenvalue weighted by molar-refractivity contribution is 5.82. The van der Waals surface area contributed by atoms with Gasteiger partial charge in [-0.2, -0.15) is 0 Å². The monoisotopic (exact) mass is 203 g/mol. The number of para-hydroxylation sites is 2. The number of hydrogen-bond donors (Lipinski definition) is 0. The van der Waals surface area contributed by atoms with Crippen molar-refractivity contribution < 1.29 is 0 Å². The lowest BCUT2D eigenvalue weighted by Gasteiger charge is -2.18. The molecule has 0 radical (unpaired) electrons. The van der Waals surface area contributed by atoms with Gasteiger partial charge in [0.2, 0.25) is 0 Å². The first-order valence-corrected chi connectivity index (χ1v) is 4.77. The topological polar surface area (TPSA) is 35.9 Å². The Bertz CT molecular complexity index is 408. The third kappa shape index (κ3) is 1.29. The van der Waals surface area contributed by atoms with Crippen molar-refractivity contribution in [1.29, 1.82) is 0 Å². The summed E-state index contributed by atoms with van der Waals surface area (Å²) in [5.41, 5.74) is 2.69. The van der Waals surface area contributed by atoms with Gasteiger partial charge in [0, 0.05) is 14.1 Å². The molecule has 4 heteroatoms. The highest BCUT2D eigenvalue weighted by atomic mass is 16.3. The van der Waals surface area contributed by atoms with Crippen molar-refractivity contribution >= 4 is 11.4 Å². The van der Waals surface area contributed by atoms with Gasteiger partial charge >= 0.3 is 0 Å². The number of nitroso groups, excluding NO2 is 1. The minimum atomic E-state index is 0.496. The van der Waals surface area contributed by atoms with Crippen molar-refractivity contribution in [2.24, 2.45) is 5.18 Å². The molecule has 0 amide bonds. The molecule has 15 heavy (non-hydrogen) atoms. The molecular formula is C11H13N3O. The average molecular weight is 203 g/mol. The molecule has 0 unspecified atom stereocenters. The number of benzene rings is 1. The van der Waals surface area contributed by atoms with Crippen LogP contribution in [-0.2, 0) is 0 Å². The summed E-state index contributed by atoms with van der Waals surface area (Å²) in [5, 5.41) is 3.00. The largest absolute Gasteiger partial charge is 0.327 e. The molecule has 0 N–H and O–H groups in total. The SMILES string of the molecule is CC(N=O)=C1N(C)c2ccccc2N1C. The van der Waals surface area contributed by atoms with Gasteiger partial charge in [0.1, 0.15) is 11.5 Å². The lowest BCUT2D eigenvalue weighted by molar-refractivity contribution is 0.993. The van der Waals surface area contributed by atoms with Crippen molar-refractivity contribution in [3.63, 3.8) is 0 Å². The maximum absolute atomic E-state index is 10.6. The quantitative estimate of drug-likeness (QED) is 0.658. The molecule has 1 aliphatic rings. The first kappa shape index (κ1) is 9.71. The summed E-state index contributed by atoms with van der Waals surface area (Å²) >= 11 is 0. The molecule has 4 nitrogen and oxygen atoms in total. The van der Waals surface area contributed by atoms with Crippen LogP contribution in [0.1, 0.15) is 6.92 Å². The van der Waals surface area contributed by atoms with Crippen molar-refractivity contribution in [2.45, 2.75) is 6.92 Å². The van der Waals surface area contributed by atoms with Crippen molar-refractivity contribution in [3.8, 4) is 0 Å². The van der Waals surface area contributed by atoms with E-state index >= 15 is 0 Å². The van der Waals surface area contributed by atoms with Crippen LogP contribution in [0, 0.1) is 4.91 Å². The maximum Gasteiger partial charge on any atom is 0.138 e. The highest BCUT2D eigenvalue weighted by Gasteiger charge is 2.27. The summed E-state index contributed by atoms with van der Waals surface area (Å²) < 4.78 is 0. The lowest BCUT2D eigenvalue weighted by Crippen LogP contribution is -2.23. The van der Waals surface area contributed by atoms with Crippen LogP contribution in [0.4, 0.5) is 11.4 Å². The van der Waals surface area contributed by atoms with E-state index < -0.39 is 0 Å². The number of fused-ring (bicyclic) bond motifs is 1. The van der Waals surface area contributed by atoms with Gasteiger partial charge in [-0.15, -0.1) is 4.91 Å². The summed E-state index contributed by atoms with van der Waals surface area (Å²) in [7, 11) is 3.87. The van der Waals surface area contributed by atoms with Crippen LogP contribution in [-0.4, -0.2) is 14.1 Å². The zero-order valence-electron chi connectivity index (χ0n) is 9.06.